The summed E-state index contributed by atoms with van der Waals surface area (Å²) in [6.45, 7) is 3.01. The van der Waals surface area contributed by atoms with Crippen LogP contribution in [0.3, 0.4) is 0 Å². The number of anilines is 1. The lowest BCUT2D eigenvalue weighted by Gasteiger charge is -2.06. The Kier molecular flexibility index (Phi) is 3.56. The van der Waals surface area contributed by atoms with E-state index in [0.29, 0.717) is 16.2 Å². The fourth-order valence-electron chi connectivity index (χ4n) is 1.25. The molecule has 0 fully saturated rings. The number of nitrogens with one attached hydrogen (secondary N) is 1. The largest absolute Gasteiger partial charge is 0.352 e. The molecule has 1 N–H and O–H groups in total. The zero-order valence-corrected chi connectivity index (χ0v) is 10.7. The lowest BCUT2D eigenvalue weighted by Crippen LogP contribution is -2.13. The van der Waals surface area contributed by atoms with Gasteiger partial charge in [-0.3, -0.25) is 0 Å². The first-order chi connectivity index (χ1) is 7.69. The van der Waals surface area contributed by atoms with Gasteiger partial charge in [0.1, 0.15) is 0 Å². The molecular formula is C10H13ClN4S. The van der Waals surface area contributed by atoms with Gasteiger partial charge in [0.05, 0.1) is 5.02 Å². The Morgan fingerprint density at radius 3 is 3.12 bits per heavy atom. The standard InChI is InChI=1S/C10H13ClN4S/c1-7(16-2)5-12-10-13-9-4-3-8(11)6-15(9)14-10/h3-4,6-7H,5H2,1-2H3,(H,12,14). The summed E-state index contributed by atoms with van der Waals surface area (Å²) in [7, 11) is 0. The molecule has 0 saturated heterocycles. The zero-order valence-electron chi connectivity index (χ0n) is 9.14. The van der Waals surface area contributed by atoms with Crippen molar-refractivity contribution in [1.29, 1.82) is 0 Å². The lowest BCUT2D eigenvalue weighted by atomic mass is 10.5. The number of aromatic nitrogens is 3. The number of pyridine rings is 1. The third-order valence-electron chi connectivity index (χ3n) is 2.24. The number of fused-ring (bicyclic) bond motifs is 1. The van der Waals surface area contributed by atoms with Gasteiger partial charge in [-0.05, 0) is 18.4 Å². The maximum atomic E-state index is 5.87. The van der Waals surface area contributed by atoms with Crippen molar-refractivity contribution < 1.29 is 0 Å². The second kappa shape index (κ2) is 4.93. The summed E-state index contributed by atoms with van der Waals surface area (Å²) in [5.41, 5.74) is 0.795. The van der Waals surface area contributed by atoms with Crippen LogP contribution in [0.1, 0.15) is 6.92 Å². The van der Waals surface area contributed by atoms with E-state index in [1.807, 2.05) is 17.8 Å². The van der Waals surface area contributed by atoms with Gasteiger partial charge in [0, 0.05) is 18.0 Å². The molecule has 2 aromatic heterocycles. The number of thioether (sulfide) groups is 1. The van der Waals surface area contributed by atoms with Crippen molar-refractivity contribution in [3.05, 3.63) is 23.4 Å². The molecule has 0 bridgehead atoms. The zero-order chi connectivity index (χ0) is 11.5. The van der Waals surface area contributed by atoms with Crippen LogP contribution in [0.4, 0.5) is 5.95 Å². The van der Waals surface area contributed by atoms with E-state index < -0.39 is 0 Å². The summed E-state index contributed by atoms with van der Waals surface area (Å²) in [4.78, 5) is 4.33. The second-order valence-corrected chi connectivity index (χ2v) is 5.23. The van der Waals surface area contributed by atoms with Crippen molar-refractivity contribution >= 4 is 35.0 Å². The van der Waals surface area contributed by atoms with E-state index in [1.165, 1.54) is 0 Å². The van der Waals surface area contributed by atoms with Gasteiger partial charge in [-0.2, -0.15) is 16.7 Å². The van der Waals surface area contributed by atoms with E-state index >= 15 is 0 Å². The van der Waals surface area contributed by atoms with Crippen molar-refractivity contribution in [3.63, 3.8) is 0 Å². The average molecular weight is 257 g/mol. The maximum Gasteiger partial charge on any atom is 0.243 e. The van der Waals surface area contributed by atoms with Crippen LogP contribution in [0, 0.1) is 0 Å². The summed E-state index contributed by atoms with van der Waals surface area (Å²) < 4.78 is 1.68. The first-order valence-corrected chi connectivity index (χ1v) is 6.64. The van der Waals surface area contributed by atoms with Crippen LogP contribution in [0.2, 0.25) is 5.02 Å². The highest BCUT2D eigenvalue weighted by Gasteiger charge is 2.05. The molecular weight excluding hydrogens is 244 g/mol. The van der Waals surface area contributed by atoms with E-state index in [1.54, 1.807) is 16.8 Å². The quantitative estimate of drug-likeness (QED) is 0.913. The van der Waals surface area contributed by atoms with E-state index in [0.717, 1.165) is 12.2 Å². The Morgan fingerprint density at radius 1 is 1.56 bits per heavy atom. The second-order valence-electron chi connectivity index (χ2n) is 3.51. The first-order valence-electron chi connectivity index (χ1n) is 4.97. The van der Waals surface area contributed by atoms with Gasteiger partial charge in [0.15, 0.2) is 5.65 Å². The summed E-state index contributed by atoms with van der Waals surface area (Å²) in [6.07, 6.45) is 3.83. The first kappa shape index (κ1) is 11.5. The molecule has 0 radical (unpaired) electrons. The van der Waals surface area contributed by atoms with Gasteiger partial charge in [-0.1, -0.05) is 18.5 Å². The highest BCUT2D eigenvalue weighted by Crippen LogP contribution is 2.12. The molecule has 0 aliphatic heterocycles. The molecule has 86 valence electrons. The molecule has 0 aliphatic rings. The van der Waals surface area contributed by atoms with Crippen molar-refractivity contribution in [1.82, 2.24) is 14.6 Å². The van der Waals surface area contributed by atoms with Crippen molar-refractivity contribution in [3.8, 4) is 0 Å². The molecule has 1 atom stereocenters. The molecule has 2 rings (SSSR count). The lowest BCUT2D eigenvalue weighted by molar-refractivity contribution is 0.933. The van der Waals surface area contributed by atoms with Crippen molar-refractivity contribution in [2.75, 3.05) is 18.1 Å². The predicted molar refractivity (Wildman–Crippen MR) is 69.5 cm³/mol. The molecule has 4 nitrogen and oxygen atoms in total. The number of hydrogen-bond acceptors (Lipinski definition) is 4. The molecule has 0 saturated carbocycles. The van der Waals surface area contributed by atoms with E-state index in [9.17, 15) is 0 Å². The minimum Gasteiger partial charge on any atom is -0.352 e. The van der Waals surface area contributed by atoms with Gasteiger partial charge in [0.25, 0.3) is 0 Å². The summed E-state index contributed by atoms with van der Waals surface area (Å²) in [5.74, 6) is 0.642. The van der Waals surface area contributed by atoms with E-state index in [4.69, 9.17) is 11.6 Å². The van der Waals surface area contributed by atoms with E-state index in [2.05, 4.69) is 28.6 Å². The highest BCUT2D eigenvalue weighted by atomic mass is 35.5. The fraction of sp³-hybridized carbons (Fsp3) is 0.400. The summed E-state index contributed by atoms with van der Waals surface area (Å²) >= 11 is 7.67. The number of halogens is 1. The van der Waals surface area contributed by atoms with Gasteiger partial charge in [0.2, 0.25) is 5.95 Å². The monoisotopic (exact) mass is 256 g/mol. The van der Waals surface area contributed by atoms with E-state index in [-0.39, 0.29) is 0 Å². The molecule has 6 heteroatoms. The predicted octanol–water partition coefficient (Wildman–Crippen LogP) is 2.55. The number of hydrogen-bond donors (Lipinski definition) is 1. The summed E-state index contributed by atoms with van der Waals surface area (Å²) in [6, 6.07) is 3.65. The van der Waals surface area contributed by atoms with Crippen LogP contribution in [0.25, 0.3) is 5.65 Å². The smallest absolute Gasteiger partial charge is 0.243 e. The summed E-state index contributed by atoms with van der Waals surface area (Å²) in [5, 5.41) is 8.67. The molecule has 2 heterocycles. The Labute approximate surface area is 103 Å². The highest BCUT2D eigenvalue weighted by molar-refractivity contribution is 7.99. The maximum absolute atomic E-state index is 5.87. The molecule has 1 unspecified atom stereocenters. The normalized spacial score (nSPS) is 12.9. The van der Waals surface area contributed by atoms with Crippen LogP contribution < -0.4 is 5.32 Å². The minimum atomic E-state index is 0.537. The van der Waals surface area contributed by atoms with Crippen LogP contribution in [0.15, 0.2) is 18.3 Å². The molecule has 0 spiro atoms. The third-order valence-corrected chi connectivity index (χ3v) is 3.44. The topological polar surface area (TPSA) is 42.2 Å². The Bertz CT molecular complexity index is 485. The molecule has 0 aromatic carbocycles. The Balaban J connectivity index is 2.13. The van der Waals surface area contributed by atoms with Crippen LogP contribution >= 0.6 is 23.4 Å². The fourth-order valence-corrected chi connectivity index (χ4v) is 1.66. The molecule has 16 heavy (non-hydrogen) atoms. The number of nitrogens with zero attached hydrogens (tertiary/aromatic N) is 3. The van der Waals surface area contributed by atoms with Gasteiger partial charge in [-0.15, -0.1) is 5.10 Å². The molecule has 2 aromatic rings. The Hall–Kier alpha value is -0.940. The number of rotatable bonds is 4. The Morgan fingerprint density at radius 2 is 2.38 bits per heavy atom. The third kappa shape index (κ3) is 2.59. The van der Waals surface area contributed by atoms with Gasteiger partial charge in [-0.25, -0.2) is 4.52 Å². The van der Waals surface area contributed by atoms with Crippen LogP contribution in [0.5, 0.6) is 0 Å². The van der Waals surface area contributed by atoms with Gasteiger partial charge < -0.3 is 5.32 Å². The van der Waals surface area contributed by atoms with Crippen LogP contribution in [-0.4, -0.2) is 32.6 Å². The van der Waals surface area contributed by atoms with Crippen LogP contribution in [-0.2, 0) is 0 Å². The molecule has 0 aliphatic carbocycles. The molecule has 0 amide bonds. The minimum absolute atomic E-state index is 0.537. The average Bonchev–Trinajstić information content (AvgIpc) is 2.67. The van der Waals surface area contributed by atoms with Crippen molar-refractivity contribution in [2.24, 2.45) is 0 Å². The van der Waals surface area contributed by atoms with Crippen molar-refractivity contribution in [2.45, 2.75) is 12.2 Å². The SMILES string of the molecule is CSC(C)CNc1nc2ccc(Cl)cn2n1. The van der Waals surface area contributed by atoms with Gasteiger partial charge >= 0.3 is 0 Å².